The summed E-state index contributed by atoms with van der Waals surface area (Å²) in [5, 5.41) is 2.89. The van der Waals surface area contributed by atoms with Gasteiger partial charge in [-0.2, -0.15) is 0 Å². The van der Waals surface area contributed by atoms with E-state index in [0.717, 1.165) is 50.8 Å². The molecule has 1 N–H and O–H groups in total. The predicted octanol–water partition coefficient (Wildman–Crippen LogP) is 3.25. The predicted molar refractivity (Wildman–Crippen MR) is 122 cm³/mol. The average Bonchev–Trinajstić information content (AvgIpc) is 2.83. The third kappa shape index (κ3) is 7.49. The summed E-state index contributed by atoms with van der Waals surface area (Å²) >= 11 is 0. The molecule has 7 nitrogen and oxygen atoms in total. The molecule has 1 aromatic heterocycles. The van der Waals surface area contributed by atoms with Crippen LogP contribution in [0.15, 0.2) is 18.3 Å². The number of hydrogen-bond acceptors (Lipinski definition) is 5. The van der Waals surface area contributed by atoms with Crippen LogP contribution >= 0.6 is 0 Å². The molecule has 1 saturated carbocycles. The van der Waals surface area contributed by atoms with Crippen molar-refractivity contribution in [2.75, 3.05) is 50.8 Å². The molecule has 2 amide bonds. The Hall–Kier alpha value is -2.15. The number of nitrogens with zero attached hydrogens (tertiary/aromatic N) is 3. The number of ether oxygens (including phenoxy) is 1. The quantitative estimate of drug-likeness (QED) is 0.577. The average molecular weight is 431 g/mol. The van der Waals surface area contributed by atoms with E-state index in [0.29, 0.717) is 37.6 Å². The van der Waals surface area contributed by atoms with Crippen LogP contribution in [0.4, 0.5) is 5.82 Å². The Morgan fingerprint density at radius 1 is 1.13 bits per heavy atom. The van der Waals surface area contributed by atoms with Gasteiger partial charge in [-0.05, 0) is 37.8 Å². The lowest BCUT2D eigenvalue weighted by molar-refractivity contribution is -0.131. The standard InChI is InChI=1S/C24H38N4O3/c1-2-31-18-6-13-25-24(30)21-10-11-22(26-19-21)27-14-16-28(17-15-27)23(29)12-9-20-7-4-3-5-8-20/h10-11,19-20H,2-9,12-18H2,1H3,(H,25,30). The van der Waals surface area contributed by atoms with Gasteiger partial charge in [0.1, 0.15) is 5.82 Å². The Bertz CT molecular complexity index is 681. The molecule has 1 aromatic rings. The molecule has 0 unspecified atom stereocenters. The molecule has 0 radical (unpaired) electrons. The van der Waals surface area contributed by atoms with Crippen LogP contribution in [-0.4, -0.2) is 67.6 Å². The van der Waals surface area contributed by atoms with Crippen molar-refractivity contribution >= 4 is 17.6 Å². The number of rotatable bonds is 10. The number of aromatic nitrogens is 1. The fourth-order valence-corrected chi connectivity index (χ4v) is 4.48. The minimum atomic E-state index is -0.107. The zero-order chi connectivity index (χ0) is 21.9. The van der Waals surface area contributed by atoms with Crippen molar-refractivity contribution in [3.05, 3.63) is 23.9 Å². The Morgan fingerprint density at radius 3 is 2.58 bits per heavy atom. The zero-order valence-corrected chi connectivity index (χ0v) is 19.0. The van der Waals surface area contributed by atoms with Crippen LogP contribution in [0.1, 0.15) is 68.6 Å². The maximum absolute atomic E-state index is 12.6. The van der Waals surface area contributed by atoms with Crippen molar-refractivity contribution in [3.8, 4) is 0 Å². The molecule has 2 aliphatic rings. The molecule has 31 heavy (non-hydrogen) atoms. The number of pyridine rings is 1. The summed E-state index contributed by atoms with van der Waals surface area (Å²) in [6.07, 6.45) is 10.8. The molecule has 0 spiro atoms. The highest BCUT2D eigenvalue weighted by Crippen LogP contribution is 2.27. The highest BCUT2D eigenvalue weighted by Gasteiger charge is 2.23. The van der Waals surface area contributed by atoms with E-state index in [2.05, 4.69) is 15.2 Å². The molecule has 3 rings (SSSR count). The molecule has 0 aromatic carbocycles. The Morgan fingerprint density at radius 2 is 1.90 bits per heavy atom. The number of nitrogens with one attached hydrogen (secondary N) is 1. The molecular weight excluding hydrogens is 392 g/mol. The Labute approximate surface area is 186 Å². The van der Waals surface area contributed by atoms with E-state index in [1.165, 1.54) is 32.1 Å². The van der Waals surface area contributed by atoms with Gasteiger partial charge in [-0.15, -0.1) is 0 Å². The highest BCUT2D eigenvalue weighted by molar-refractivity contribution is 5.94. The molecule has 0 bridgehead atoms. The molecule has 1 aliphatic heterocycles. The van der Waals surface area contributed by atoms with Gasteiger partial charge in [-0.25, -0.2) is 4.98 Å². The smallest absolute Gasteiger partial charge is 0.252 e. The second-order valence-corrected chi connectivity index (χ2v) is 8.62. The van der Waals surface area contributed by atoms with E-state index in [4.69, 9.17) is 4.74 Å². The fraction of sp³-hybridized carbons (Fsp3) is 0.708. The van der Waals surface area contributed by atoms with Crippen molar-refractivity contribution in [1.29, 1.82) is 0 Å². The number of piperazine rings is 1. The lowest BCUT2D eigenvalue weighted by Gasteiger charge is -2.35. The van der Waals surface area contributed by atoms with E-state index in [1.54, 1.807) is 6.20 Å². The first kappa shape index (κ1) is 23.5. The molecule has 2 heterocycles. The number of carbonyl (C=O) groups excluding carboxylic acids is 2. The summed E-state index contributed by atoms with van der Waals surface area (Å²) in [5.74, 6) is 1.81. The third-order valence-corrected chi connectivity index (χ3v) is 6.41. The molecule has 1 saturated heterocycles. The van der Waals surface area contributed by atoms with Gasteiger partial charge in [-0.1, -0.05) is 32.1 Å². The number of amides is 2. The summed E-state index contributed by atoms with van der Waals surface area (Å²) in [7, 11) is 0. The molecule has 2 fully saturated rings. The number of hydrogen-bond donors (Lipinski definition) is 1. The van der Waals surface area contributed by atoms with Crippen LogP contribution in [0.2, 0.25) is 0 Å². The molecule has 172 valence electrons. The van der Waals surface area contributed by atoms with Gasteiger partial charge < -0.3 is 19.9 Å². The minimum Gasteiger partial charge on any atom is -0.382 e. The van der Waals surface area contributed by atoms with Gasteiger partial charge >= 0.3 is 0 Å². The highest BCUT2D eigenvalue weighted by atomic mass is 16.5. The van der Waals surface area contributed by atoms with Crippen molar-refractivity contribution in [2.24, 2.45) is 5.92 Å². The summed E-state index contributed by atoms with van der Waals surface area (Å²) in [4.78, 5) is 33.5. The van der Waals surface area contributed by atoms with Gasteiger partial charge in [0, 0.05) is 58.6 Å². The second kappa shape index (κ2) is 12.6. The fourth-order valence-electron chi connectivity index (χ4n) is 4.48. The van der Waals surface area contributed by atoms with Crippen molar-refractivity contribution in [1.82, 2.24) is 15.2 Å². The summed E-state index contributed by atoms with van der Waals surface area (Å²) in [6.45, 7) is 6.96. The van der Waals surface area contributed by atoms with Gasteiger partial charge in [0.2, 0.25) is 5.91 Å². The van der Waals surface area contributed by atoms with Crippen LogP contribution < -0.4 is 10.2 Å². The van der Waals surface area contributed by atoms with E-state index in [1.807, 2.05) is 24.0 Å². The molecule has 7 heteroatoms. The summed E-state index contributed by atoms with van der Waals surface area (Å²) in [6, 6.07) is 3.72. The molecule has 0 atom stereocenters. The van der Waals surface area contributed by atoms with Crippen LogP contribution in [0.5, 0.6) is 0 Å². The largest absolute Gasteiger partial charge is 0.382 e. The van der Waals surface area contributed by atoms with Gasteiger partial charge in [0.25, 0.3) is 5.91 Å². The summed E-state index contributed by atoms with van der Waals surface area (Å²) in [5.41, 5.74) is 0.566. The first-order chi connectivity index (χ1) is 15.2. The van der Waals surface area contributed by atoms with Gasteiger partial charge in [-0.3, -0.25) is 9.59 Å². The Balaban J connectivity index is 1.38. The van der Waals surface area contributed by atoms with Crippen LogP contribution in [0.3, 0.4) is 0 Å². The summed E-state index contributed by atoms with van der Waals surface area (Å²) < 4.78 is 5.27. The maximum Gasteiger partial charge on any atom is 0.252 e. The second-order valence-electron chi connectivity index (χ2n) is 8.62. The van der Waals surface area contributed by atoms with Gasteiger partial charge in [0.05, 0.1) is 5.56 Å². The number of carbonyl (C=O) groups is 2. The lowest BCUT2D eigenvalue weighted by atomic mass is 9.86. The Kier molecular flexibility index (Phi) is 9.59. The van der Waals surface area contributed by atoms with Crippen molar-refractivity contribution in [3.63, 3.8) is 0 Å². The van der Waals surface area contributed by atoms with E-state index in [-0.39, 0.29) is 5.91 Å². The van der Waals surface area contributed by atoms with Crippen molar-refractivity contribution < 1.29 is 14.3 Å². The van der Waals surface area contributed by atoms with Gasteiger partial charge in [0.15, 0.2) is 0 Å². The first-order valence-electron chi connectivity index (χ1n) is 12.0. The zero-order valence-electron chi connectivity index (χ0n) is 19.0. The molecule has 1 aliphatic carbocycles. The maximum atomic E-state index is 12.6. The SMILES string of the molecule is CCOCCCNC(=O)c1ccc(N2CCN(C(=O)CCC3CCCCC3)CC2)nc1. The van der Waals surface area contributed by atoms with Crippen LogP contribution in [0.25, 0.3) is 0 Å². The van der Waals surface area contributed by atoms with Crippen molar-refractivity contribution in [2.45, 2.75) is 58.3 Å². The van der Waals surface area contributed by atoms with Crippen LogP contribution in [-0.2, 0) is 9.53 Å². The normalized spacial score (nSPS) is 17.6. The third-order valence-electron chi connectivity index (χ3n) is 6.41. The van der Waals surface area contributed by atoms with E-state index < -0.39 is 0 Å². The first-order valence-corrected chi connectivity index (χ1v) is 12.0. The van der Waals surface area contributed by atoms with E-state index in [9.17, 15) is 9.59 Å². The van der Waals surface area contributed by atoms with Crippen LogP contribution in [0, 0.1) is 5.92 Å². The van der Waals surface area contributed by atoms with E-state index >= 15 is 0 Å². The minimum absolute atomic E-state index is 0.107. The lowest BCUT2D eigenvalue weighted by Crippen LogP contribution is -2.49. The monoisotopic (exact) mass is 430 g/mol. The number of anilines is 1. The molecular formula is C24H38N4O3. The topological polar surface area (TPSA) is 74.8 Å².